The first-order valence-electron chi connectivity index (χ1n) is 8.29. The molecule has 0 radical (unpaired) electrons. The summed E-state index contributed by atoms with van der Waals surface area (Å²) < 4.78 is 5.33. The summed E-state index contributed by atoms with van der Waals surface area (Å²) >= 11 is 11.7. The van der Waals surface area contributed by atoms with Crippen molar-refractivity contribution in [3.05, 3.63) is 22.3 Å². The maximum Gasteiger partial charge on any atom is 0.325 e. The molecular formula is C16H20Cl2N4O3. The molecule has 1 amide bonds. The number of halogens is 2. The molecule has 9 heteroatoms. The molecule has 25 heavy (non-hydrogen) atoms. The lowest BCUT2D eigenvalue weighted by Gasteiger charge is -2.26. The fourth-order valence-electron chi connectivity index (χ4n) is 3.30. The van der Waals surface area contributed by atoms with Gasteiger partial charge in [0.2, 0.25) is 0 Å². The van der Waals surface area contributed by atoms with Crippen molar-refractivity contribution in [3.63, 3.8) is 0 Å². The molecule has 1 aliphatic carbocycles. The summed E-state index contributed by atoms with van der Waals surface area (Å²) in [4.78, 5) is 28.6. The Hall–Kier alpha value is -1.41. The first-order chi connectivity index (χ1) is 12.0. The van der Waals surface area contributed by atoms with E-state index in [-0.39, 0.29) is 22.8 Å². The predicted octanol–water partition coefficient (Wildman–Crippen LogP) is 2.29. The van der Waals surface area contributed by atoms with E-state index in [9.17, 15) is 9.59 Å². The zero-order chi connectivity index (χ0) is 18.0. The third kappa shape index (κ3) is 4.23. The van der Waals surface area contributed by atoms with Crippen molar-refractivity contribution < 1.29 is 14.3 Å². The summed E-state index contributed by atoms with van der Waals surface area (Å²) in [5, 5.41) is 3.11. The summed E-state index contributed by atoms with van der Waals surface area (Å²) in [6.07, 6.45) is 4.67. The van der Waals surface area contributed by atoms with Crippen LogP contribution in [0.2, 0.25) is 10.0 Å². The number of nitrogens with one attached hydrogen (secondary N) is 3. The fraction of sp³-hybridized carbons (Fsp3) is 0.562. The van der Waals surface area contributed by atoms with Gasteiger partial charge < -0.3 is 10.1 Å². The molecule has 2 heterocycles. The van der Waals surface area contributed by atoms with Crippen molar-refractivity contribution in [2.75, 3.05) is 5.32 Å². The number of fused-ring (bicyclic) bond motifs is 1. The van der Waals surface area contributed by atoms with Gasteiger partial charge in [0.05, 0.1) is 10.0 Å². The molecule has 2 fully saturated rings. The highest BCUT2D eigenvalue weighted by atomic mass is 35.5. The quantitative estimate of drug-likeness (QED) is 0.687. The number of hydrazine groups is 1. The van der Waals surface area contributed by atoms with Crippen LogP contribution in [0.3, 0.4) is 0 Å². The molecule has 1 aliphatic heterocycles. The van der Waals surface area contributed by atoms with Crippen molar-refractivity contribution in [1.29, 1.82) is 0 Å². The highest BCUT2D eigenvalue weighted by Crippen LogP contribution is 2.30. The monoisotopic (exact) mass is 386 g/mol. The minimum atomic E-state index is -0.967. The number of carbonyl (C=O) groups excluding carboxylic acids is 2. The predicted molar refractivity (Wildman–Crippen MR) is 94.2 cm³/mol. The second kappa shape index (κ2) is 7.86. The molecule has 1 aromatic rings. The number of pyridine rings is 1. The molecule has 1 aromatic heterocycles. The van der Waals surface area contributed by atoms with Gasteiger partial charge in [-0.25, -0.2) is 10.4 Å². The van der Waals surface area contributed by atoms with E-state index in [4.69, 9.17) is 27.9 Å². The van der Waals surface area contributed by atoms with Crippen LogP contribution in [0, 0.1) is 5.92 Å². The Morgan fingerprint density at radius 2 is 2.08 bits per heavy atom. The number of anilines is 1. The van der Waals surface area contributed by atoms with Gasteiger partial charge in [0.25, 0.3) is 5.91 Å². The molecule has 3 rings (SSSR count). The van der Waals surface area contributed by atoms with E-state index in [2.05, 4.69) is 21.2 Å². The number of rotatable bonds is 4. The van der Waals surface area contributed by atoms with Crippen molar-refractivity contribution in [3.8, 4) is 0 Å². The Labute approximate surface area is 155 Å². The molecule has 3 N–H and O–H groups in total. The SMILES string of the molecule is CC(OC(=O)C1NNC2CCCCC21)C(=O)Nc1ncc(Cl)cc1Cl. The lowest BCUT2D eigenvalue weighted by atomic mass is 9.82. The molecule has 136 valence electrons. The minimum absolute atomic E-state index is 0.173. The first-order valence-corrected chi connectivity index (χ1v) is 9.05. The molecule has 0 spiro atoms. The van der Waals surface area contributed by atoms with Crippen LogP contribution in [-0.2, 0) is 14.3 Å². The van der Waals surface area contributed by atoms with Gasteiger partial charge >= 0.3 is 5.97 Å². The van der Waals surface area contributed by atoms with Gasteiger partial charge in [-0.1, -0.05) is 36.0 Å². The van der Waals surface area contributed by atoms with Crippen LogP contribution in [-0.4, -0.2) is 35.0 Å². The third-order valence-corrected chi connectivity index (χ3v) is 5.13. The molecular weight excluding hydrogens is 367 g/mol. The largest absolute Gasteiger partial charge is 0.451 e. The summed E-state index contributed by atoms with van der Waals surface area (Å²) in [5.41, 5.74) is 6.16. The Kier molecular flexibility index (Phi) is 5.78. The average Bonchev–Trinajstić information content (AvgIpc) is 3.01. The maximum atomic E-state index is 12.4. The van der Waals surface area contributed by atoms with Crippen molar-refractivity contribution in [1.82, 2.24) is 15.8 Å². The summed E-state index contributed by atoms with van der Waals surface area (Å²) in [5.74, 6) is -0.563. The van der Waals surface area contributed by atoms with E-state index in [1.54, 1.807) is 0 Å². The summed E-state index contributed by atoms with van der Waals surface area (Å²) in [6, 6.07) is 1.32. The standard InChI is InChI=1S/C16H20Cl2N4O3/c1-8(15(23)20-14-11(18)6-9(17)7-19-14)25-16(24)13-10-4-2-3-5-12(10)21-22-13/h6-8,10,12-13,21-22H,2-5H2,1H3,(H,19,20,23). The number of carbonyl (C=O) groups is 2. The lowest BCUT2D eigenvalue weighted by Crippen LogP contribution is -2.43. The van der Waals surface area contributed by atoms with Crippen LogP contribution < -0.4 is 16.2 Å². The number of hydrogen-bond acceptors (Lipinski definition) is 6. The Bertz CT molecular complexity index is 673. The van der Waals surface area contributed by atoms with Crippen LogP contribution in [0.25, 0.3) is 0 Å². The molecule has 0 bridgehead atoms. The van der Waals surface area contributed by atoms with E-state index in [1.165, 1.54) is 19.2 Å². The first kappa shape index (κ1) is 18.4. The Balaban J connectivity index is 1.56. The van der Waals surface area contributed by atoms with Gasteiger partial charge in [-0.2, -0.15) is 0 Å². The fourth-order valence-corrected chi connectivity index (χ4v) is 3.73. The average molecular weight is 387 g/mol. The molecule has 1 saturated carbocycles. The molecule has 0 aromatic carbocycles. The Morgan fingerprint density at radius 1 is 1.32 bits per heavy atom. The number of amides is 1. The van der Waals surface area contributed by atoms with Crippen molar-refractivity contribution in [2.24, 2.45) is 5.92 Å². The van der Waals surface area contributed by atoms with Gasteiger partial charge in [-0.05, 0) is 25.8 Å². The molecule has 4 unspecified atom stereocenters. The van der Waals surface area contributed by atoms with Crippen LogP contribution in [0.1, 0.15) is 32.6 Å². The van der Waals surface area contributed by atoms with E-state index in [1.807, 2.05) is 0 Å². The van der Waals surface area contributed by atoms with Gasteiger partial charge in [0, 0.05) is 18.2 Å². The van der Waals surface area contributed by atoms with Crippen LogP contribution >= 0.6 is 23.2 Å². The zero-order valence-corrected chi connectivity index (χ0v) is 15.2. The van der Waals surface area contributed by atoms with Gasteiger partial charge in [0.1, 0.15) is 6.04 Å². The number of hydrogen-bond donors (Lipinski definition) is 3. The molecule has 2 aliphatic rings. The second-order valence-corrected chi connectivity index (χ2v) is 7.22. The summed E-state index contributed by atoms with van der Waals surface area (Å²) in [6.45, 7) is 1.51. The number of aromatic nitrogens is 1. The van der Waals surface area contributed by atoms with Crippen LogP contribution in [0.4, 0.5) is 5.82 Å². The normalized spacial score (nSPS) is 26.6. The third-order valence-electron chi connectivity index (χ3n) is 4.64. The number of nitrogens with zero attached hydrogens (tertiary/aromatic N) is 1. The lowest BCUT2D eigenvalue weighted by molar-refractivity contribution is -0.156. The minimum Gasteiger partial charge on any atom is -0.451 e. The smallest absolute Gasteiger partial charge is 0.325 e. The summed E-state index contributed by atoms with van der Waals surface area (Å²) in [7, 11) is 0. The van der Waals surface area contributed by atoms with Gasteiger partial charge in [-0.3, -0.25) is 15.0 Å². The maximum absolute atomic E-state index is 12.4. The van der Waals surface area contributed by atoms with E-state index >= 15 is 0 Å². The van der Waals surface area contributed by atoms with Crippen LogP contribution in [0.5, 0.6) is 0 Å². The van der Waals surface area contributed by atoms with Gasteiger partial charge in [0.15, 0.2) is 11.9 Å². The highest BCUT2D eigenvalue weighted by Gasteiger charge is 2.42. The topological polar surface area (TPSA) is 92.4 Å². The molecule has 7 nitrogen and oxygen atoms in total. The molecule has 4 atom stereocenters. The Morgan fingerprint density at radius 3 is 2.84 bits per heavy atom. The highest BCUT2D eigenvalue weighted by molar-refractivity contribution is 6.36. The van der Waals surface area contributed by atoms with E-state index in [0.717, 1.165) is 25.7 Å². The zero-order valence-electron chi connectivity index (χ0n) is 13.7. The van der Waals surface area contributed by atoms with E-state index in [0.29, 0.717) is 5.02 Å². The van der Waals surface area contributed by atoms with Crippen molar-refractivity contribution in [2.45, 2.75) is 50.8 Å². The second-order valence-electron chi connectivity index (χ2n) is 6.37. The number of ether oxygens (including phenoxy) is 1. The van der Waals surface area contributed by atoms with Gasteiger partial charge in [-0.15, -0.1) is 0 Å². The number of esters is 1. The van der Waals surface area contributed by atoms with Crippen molar-refractivity contribution >= 4 is 40.9 Å². The molecule has 1 saturated heterocycles. The van der Waals surface area contributed by atoms with Crippen LogP contribution in [0.15, 0.2) is 12.3 Å². The van der Waals surface area contributed by atoms with E-state index < -0.39 is 24.0 Å².